The molecule has 45 heavy (non-hydrogen) atoms. The number of amides is 2. The molecule has 1 aromatic heterocycles. The zero-order chi connectivity index (χ0) is 32.1. The van der Waals surface area contributed by atoms with Crippen molar-refractivity contribution in [3.8, 4) is 0 Å². The summed E-state index contributed by atoms with van der Waals surface area (Å²) in [6, 6.07) is 16.7. The maximum Gasteiger partial charge on any atom is 0.359 e. The van der Waals surface area contributed by atoms with Crippen molar-refractivity contribution in [2.24, 2.45) is 5.16 Å². The molecular formula is C28H26N6O8S3. The minimum Gasteiger partial charge on any atom is -0.448 e. The minimum atomic E-state index is -4.09. The summed E-state index contributed by atoms with van der Waals surface area (Å²) >= 11 is 1.92. The predicted octanol–water partition coefficient (Wildman–Crippen LogP) is 1.95. The smallest absolute Gasteiger partial charge is 0.359 e. The van der Waals surface area contributed by atoms with Crippen LogP contribution in [-0.2, 0) is 38.3 Å². The lowest BCUT2D eigenvalue weighted by molar-refractivity contribution is -0.154. The molecule has 0 radical (unpaired) electrons. The number of rotatable bonds is 12. The number of oxime groups is 1. The molecule has 0 aliphatic carbocycles. The van der Waals surface area contributed by atoms with E-state index in [4.69, 9.17) is 19.5 Å². The molecule has 2 atom stereocenters. The van der Waals surface area contributed by atoms with Gasteiger partial charge >= 0.3 is 16.1 Å². The van der Waals surface area contributed by atoms with Crippen molar-refractivity contribution in [2.45, 2.75) is 17.5 Å². The Morgan fingerprint density at radius 3 is 2.38 bits per heavy atom. The van der Waals surface area contributed by atoms with Gasteiger partial charge < -0.3 is 24.8 Å². The fraction of sp³-hybridized carbons (Fsp3) is 0.214. The number of nitrogens with two attached hydrogens (primary N) is 1. The Labute approximate surface area is 266 Å². The molecule has 0 saturated carbocycles. The third-order valence-corrected chi connectivity index (χ3v) is 8.61. The van der Waals surface area contributed by atoms with Gasteiger partial charge in [0.1, 0.15) is 18.0 Å². The zero-order valence-corrected chi connectivity index (χ0v) is 26.0. The SMILES string of the molecule is C=CCO/N=C(/C(=O)NC1C(=O)N2C(C(=O)OC(c3ccccc3)c3ccccc3)=C(OS(C)(=O)=O)CSC12)c1nsc(N)n1. The van der Waals surface area contributed by atoms with Crippen LogP contribution < -0.4 is 11.1 Å². The summed E-state index contributed by atoms with van der Waals surface area (Å²) < 4.78 is 39.3. The van der Waals surface area contributed by atoms with E-state index >= 15 is 0 Å². The summed E-state index contributed by atoms with van der Waals surface area (Å²) in [6.07, 6.45) is 1.35. The van der Waals surface area contributed by atoms with Gasteiger partial charge in [-0.25, -0.2) is 4.79 Å². The number of fused-ring (bicyclic) bond motifs is 1. The van der Waals surface area contributed by atoms with Crippen molar-refractivity contribution in [1.29, 1.82) is 0 Å². The Balaban J connectivity index is 1.43. The molecular weight excluding hydrogens is 645 g/mol. The topological polar surface area (TPSA) is 192 Å². The monoisotopic (exact) mass is 670 g/mol. The Morgan fingerprint density at radius 2 is 1.82 bits per heavy atom. The van der Waals surface area contributed by atoms with E-state index in [9.17, 15) is 22.8 Å². The van der Waals surface area contributed by atoms with E-state index in [1.165, 1.54) is 6.08 Å². The molecule has 1 fully saturated rings. The number of aromatic nitrogens is 2. The number of esters is 1. The summed E-state index contributed by atoms with van der Waals surface area (Å²) in [7, 11) is -4.09. The van der Waals surface area contributed by atoms with Gasteiger partial charge in [-0.2, -0.15) is 17.8 Å². The summed E-state index contributed by atoms with van der Waals surface area (Å²) in [6.45, 7) is 3.50. The molecule has 3 aromatic rings. The molecule has 3 heterocycles. The number of ether oxygens (including phenoxy) is 1. The van der Waals surface area contributed by atoms with Crippen LogP contribution in [0, 0.1) is 0 Å². The largest absolute Gasteiger partial charge is 0.448 e. The van der Waals surface area contributed by atoms with E-state index < -0.39 is 45.4 Å². The van der Waals surface area contributed by atoms with Crippen LogP contribution in [0.25, 0.3) is 0 Å². The van der Waals surface area contributed by atoms with Crippen LogP contribution in [0.2, 0.25) is 0 Å². The van der Waals surface area contributed by atoms with Gasteiger partial charge in [-0.15, -0.1) is 11.8 Å². The molecule has 3 N–H and O–H groups in total. The maximum atomic E-state index is 13.8. The normalized spacial score (nSPS) is 18.1. The molecule has 0 bridgehead atoms. The highest BCUT2D eigenvalue weighted by atomic mass is 32.2. The highest BCUT2D eigenvalue weighted by Gasteiger charge is 2.56. The number of benzene rings is 2. The molecule has 2 aliphatic rings. The van der Waals surface area contributed by atoms with Crippen LogP contribution in [0.3, 0.4) is 0 Å². The van der Waals surface area contributed by atoms with Gasteiger partial charge in [0.25, 0.3) is 11.8 Å². The lowest BCUT2D eigenvalue weighted by Gasteiger charge is -2.49. The van der Waals surface area contributed by atoms with Gasteiger partial charge in [0.2, 0.25) is 11.5 Å². The summed E-state index contributed by atoms with van der Waals surface area (Å²) in [4.78, 5) is 50.7. The van der Waals surface area contributed by atoms with Crippen LogP contribution >= 0.6 is 23.3 Å². The molecule has 14 nitrogen and oxygen atoms in total. The predicted molar refractivity (Wildman–Crippen MR) is 166 cm³/mol. The third-order valence-electron chi connectivity index (χ3n) is 6.31. The summed E-state index contributed by atoms with van der Waals surface area (Å²) in [5.74, 6) is -3.04. The number of nitrogens with zero attached hydrogens (tertiary/aromatic N) is 4. The molecule has 234 valence electrons. The van der Waals surface area contributed by atoms with E-state index in [-0.39, 0.29) is 40.5 Å². The highest BCUT2D eigenvalue weighted by Crippen LogP contribution is 2.42. The van der Waals surface area contributed by atoms with Crippen molar-refractivity contribution in [3.63, 3.8) is 0 Å². The van der Waals surface area contributed by atoms with E-state index in [2.05, 4.69) is 26.4 Å². The summed E-state index contributed by atoms with van der Waals surface area (Å²) in [5.41, 5.74) is 6.24. The number of hydrogen-bond donors (Lipinski definition) is 2. The Hall–Kier alpha value is -4.74. The lowest BCUT2D eigenvalue weighted by atomic mass is 10.0. The first-order valence-electron chi connectivity index (χ1n) is 13.2. The quantitative estimate of drug-likeness (QED) is 0.0542. The number of β-lactam (4-membered cyclic amide) rings is 1. The first kappa shape index (κ1) is 31.7. The van der Waals surface area contributed by atoms with E-state index in [0.29, 0.717) is 11.1 Å². The first-order valence-corrected chi connectivity index (χ1v) is 16.8. The molecule has 5 rings (SSSR count). The second-order valence-electron chi connectivity index (χ2n) is 9.51. The van der Waals surface area contributed by atoms with Gasteiger partial charge in [0.15, 0.2) is 22.7 Å². The van der Waals surface area contributed by atoms with Crippen LogP contribution in [-0.4, -0.2) is 76.2 Å². The van der Waals surface area contributed by atoms with Crippen molar-refractivity contribution < 1.29 is 36.6 Å². The fourth-order valence-corrected chi connectivity index (χ4v) is 6.72. The number of hydrogen-bond acceptors (Lipinski definition) is 14. The van der Waals surface area contributed by atoms with Gasteiger partial charge in [0, 0.05) is 11.5 Å². The molecule has 2 aromatic carbocycles. The molecule has 2 amide bonds. The average molecular weight is 671 g/mol. The molecule has 1 saturated heterocycles. The Kier molecular flexibility index (Phi) is 9.50. The zero-order valence-electron chi connectivity index (χ0n) is 23.6. The average Bonchev–Trinajstić information content (AvgIpc) is 3.46. The maximum absolute atomic E-state index is 13.8. The van der Waals surface area contributed by atoms with Crippen molar-refractivity contribution in [2.75, 3.05) is 24.3 Å². The van der Waals surface area contributed by atoms with Crippen LogP contribution in [0.15, 0.2) is 89.9 Å². The number of nitrogens with one attached hydrogen (secondary N) is 1. The Bertz CT molecular complexity index is 1740. The molecule has 0 spiro atoms. The van der Waals surface area contributed by atoms with E-state index in [1.807, 2.05) is 12.1 Å². The van der Waals surface area contributed by atoms with Crippen LogP contribution in [0.5, 0.6) is 0 Å². The van der Waals surface area contributed by atoms with Crippen molar-refractivity contribution >= 4 is 62.0 Å². The molecule has 2 aliphatic heterocycles. The standard InChI is InChI=1S/C28H26N6O8S3/c1-3-14-40-32-19(23-31-28(29)44-33-23)24(35)30-20-25(36)34-21(18(15-43-26(20)34)42-45(2,38)39)27(37)41-22(16-10-6-4-7-11-16)17-12-8-5-9-13-17/h3-13,20,22,26H,1,14-15H2,2H3,(H,30,35)(H2,29,31,33)/b32-19+. The number of anilines is 1. The van der Waals surface area contributed by atoms with Crippen molar-refractivity contribution in [3.05, 3.63) is 102 Å². The van der Waals surface area contributed by atoms with Gasteiger partial charge in [-0.1, -0.05) is 78.5 Å². The summed E-state index contributed by atoms with van der Waals surface area (Å²) in [5, 5.41) is 5.63. The van der Waals surface area contributed by atoms with E-state index in [0.717, 1.165) is 34.5 Å². The lowest BCUT2D eigenvalue weighted by Crippen LogP contribution is -2.71. The first-order chi connectivity index (χ1) is 21.6. The van der Waals surface area contributed by atoms with Gasteiger partial charge in [-0.05, 0) is 11.1 Å². The number of carbonyl (C=O) groups is 3. The fourth-order valence-electron chi connectivity index (χ4n) is 4.45. The minimum absolute atomic E-state index is 0.0165. The van der Waals surface area contributed by atoms with E-state index in [1.54, 1.807) is 48.5 Å². The molecule has 2 unspecified atom stereocenters. The third kappa shape index (κ3) is 7.16. The molecule has 17 heteroatoms. The number of nitrogen functional groups attached to an aromatic ring is 1. The number of carbonyl (C=O) groups excluding carboxylic acids is 3. The van der Waals surface area contributed by atoms with Crippen LogP contribution in [0.4, 0.5) is 5.13 Å². The van der Waals surface area contributed by atoms with Crippen molar-refractivity contribution in [1.82, 2.24) is 19.6 Å². The second-order valence-corrected chi connectivity index (χ2v) is 13.0. The van der Waals surface area contributed by atoms with Crippen LogP contribution in [0.1, 0.15) is 23.1 Å². The van der Waals surface area contributed by atoms with Gasteiger partial charge in [0.05, 0.1) is 12.0 Å². The Morgan fingerprint density at radius 1 is 1.18 bits per heavy atom. The number of thioether (sulfide) groups is 1. The van der Waals surface area contributed by atoms with Gasteiger partial charge in [-0.3, -0.25) is 14.5 Å². The highest BCUT2D eigenvalue weighted by molar-refractivity contribution is 8.00. The second kappa shape index (κ2) is 13.5.